The smallest absolute Gasteiger partial charge is 0.000741 e. The molecule has 0 fully saturated rings. The molecule has 108 valence electrons. The van der Waals surface area contributed by atoms with Gasteiger partial charge in [0.2, 0.25) is 0 Å². The minimum absolute atomic E-state index is 1.07. The SMILES string of the molecule is C=C(CCCCCC)c1cccc2c1Cc1ccccc1-2. The van der Waals surface area contributed by atoms with E-state index in [4.69, 9.17) is 0 Å². The number of allylic oxidation sites excluding steroid dienone is 1. The fraction of sp³-hybridized carbons (Fsp3) is 0.333. The van der Waals surface area contributed by atoms with Crippen molar-refractivity contribution in [3.8, 4) is 11.1 Å². The quantitative estimate of drug-likeness (QED) is 0.467. The summed E-state index contributed by atoms with van der Waals surface area (Å²) >= 11 is 0. The van der Waals surface area contributed by atoms with Crippen LogP contribution in [0, 0.1) is 0 Å². The van der Waals surface area contributed by atoms with Crippen LogP contribution in [0.15, 0.2) is 49.0 Å². The molecular formula is C21H24. The van der Waals surface area contributed by atoms with Gasteiger partial charge in [-0.2, -0.15) is 0 Å². The molecule has 2 aromatic carbocycles. The Kier molecular flexibility index (Phi) is 4.24. The molecule has 0 nitrogen and oxygen atoms in total. The number of unbranched alkanes of at least 4 members (excludes halogenated alkanes) is 3. The maximum Gasteiger partial charge on any atom is -0.000741 e. The second-order valence-electron chi connectivity index (χ2n) is 6.08. The lowest BCUT2D eigenvalue weighted by molar-refractivity contribution is 0.679. The zero-order valence-corrected chi connectivity index (χ0v) is 13.0. The second kappa shape index (κ2) is 6.30. The monoisotopic (exact) mass is 276 g/mol. The van der Waals surface area contributed by atoms with Gasteiger partial charge in [-0.15, -0.1) is 0 Å². The minimum atomic E-state index is 1.07. The van der Waals surface area contributed by atoms with Crippen molar-refractivity contribution in [1.29, 1.82) is 0 Å². The minimum Gasteiger partial charge on any atom is -0.0952 e. The molecule has 2 aromatic rings. The first-order valence-corrected chi connectivity index (χ1v) is 8.19. The summed E-state index contributed by atoms with van der Waals surface area (Å²) in [5.41, 5.74) is 8.47. The number of benzene rings is 2. The van der Waals surface area contributed by atoms with Crippen molar-refractivity contribution in [1.82, 2.24) is 0 Å². The lowest BCUT2D eigenvalue weighted by Gasteiger charge is -2.11. The predicted molar refractivity (Wildman–Crippen MR) is 92.5 cm³/mol. The van der Waals surface area contributed by atoms with Crippen LogP contribution in [0.4, 0.5) is 0 Å². The molecule has 0 unspecified atom stereocenters. The number of hydrogen-bond donors (Lipinski definition) is 0. The molecule has 3 rings (SSSR count). The Bertz CT molecular complexity index is 649. The summed E-state index contributed by atoms with van der Waals surface area (Å²) in [6.07, 6.45) is 7.42. The molecule has 0 atom stereocenters. The van der Waals surface area contributed by atoms with Gasteiger partial charge in [-0.25, -0.2) is 0 Å². The molecule has 0 aromatic heterocycles. The van der Waals surface area contributed by atoms with Crippen molar-refractivity contribution in [2.75, 3.05) is 0 Å². The summed E-state index contributed by atoms with van der Waals surface area (Å²) in [6.45, 7) is 6.62. The summed E-state index contributed by atoms with van der Waals surface area (Å²) in [5, 5.41) is 0. The molecule has 0 aliphatic heterocycles. The fourth-order valence-electron chi connectivity index (χ4n) is 3.39. The van der Waals surface area contributed by atoms with Crippen LogP contribution in [0.3, 0.4) is 0 Å². The van der Waals surface area contributed by atoms with E-state index in [1.54, 1.807) is 0 Å². The first kappa shape index (κ1) is 14.1. The zero-order chi connectivity index (χ0) is 14.7. The third-order valence-corrected chi connectivity index (χ3v) is 4.56. The molecule has 0 spiro atoms. The lowest BCUT2D eigenvalue weighted by Crippen LogP contribution is -1.92. The molecule has 0 saturated carbocycles. The average Bonchev–Trinajstić information content (AvgIpc) is 2.90. The van der Waals surface area contributed by atoms with Gasteiger partial charge in [0.25, 0.3) is 0 Å². The topological polar surface area (TPSA) is 0 Å². The molecule has 1 aliphatic rings. The molecule has 0 amide bonds. The molecule has 0 heteroatoms. The predicted octanol–water partition coefficient (Wildman–Crippen LogP) is 6.24. The van der Waals surface area contributed by atoms with Gasteiger partial charge in [-0.05, 0) is 52.7 Å². The van der Waals surface area contributed by atoms with E-state index >= 15 is 0 Å². The van der Waals surface area contributed by atoms with Gasteiger partial charge < -0.3 is 0 Å². The first-order chi connectivity index (χ1) is 10.3. The van der Waals surface area contributed by atoms with Crippen LogP contribution in [0.25, 0.3) is 16.7 Å². The van der Waals surface area contributed by atoms with Crippen LogP contribution in [-0.2, 0) is 6.42 Å². The van der Waals surface area contributed by atoms with Crippen molar-refractivity contribution in [2.24, 2.45) is 0 Å². The van der Waals surface area contributed by atoms with E-state index in [9.17, 15) is 0 Å². The highest BCUT2D eigenvalue weighted by atomic mass is 14.2. The number of rotatable bonds is 6. The molecule has 1 aliphatic carbocycles. The fourth-order valence-corrected chi connectivity index (χ4v) is 3.39. The third-order valence-electron chi connectivity index (χ3n) is 4.56. The van der Waals surface area contributed by atoms with Gasteiger partial charge in [-0.3, -0.25) is 0 Å². The van der Waals surface area contributed by atoms with Gasteiger partial charge >= 0.3 is 0 Å². The summed E-state index contributed by atoms with van der Waals surface area (Å²) in [7, 11) is 0. The largest absolute Gasteiger partial charge is 0.0952 e. The van der Waals surface area contributed by atoms with E-state index in [1.165, 1.54) is 59.1 Å². The van der Waals surface area contributed by atoms with E-state index in [0.717, 1.165) is 12.8 Å². The molecule has 0 heterocycles. The van der Waals surface area contributed by atoms with Crippen molar-refractivity contribution in [3.63, 3.8) is 0 Å². The average molecular weight is 276 g/mol. The Morgan fingerprint density at radius 1 is 0.952 bits per heavy atom. The lowest BCUT2D eigenvalue weighted by atomic mass is 9.93. The highest BCUT2D eigenvalue weighted by Gasteiger charge is 2.20. The van der Waals surface area contributed by atoms with E-state index in [1.807, 2.05) is 0 Å². The van der Waals surface area contributed by atoms with Gasteiger partial charge in [0, 0.05) is 0 Å². The zero-order valence-electron chi connectivity index (χ0n) is 13.0. The van der Waals surface area contributed by atoms with E-state index < -0.39 is 0 Å². The second-order valence-corrected chi connectivity index (χ2v) is 6.08. The number of hydrogen-bond acceptors (Lipinski definition) is 0. The van der Waals surface area contributed by atoms with Crippen LogP contribution < -0.4 is 0 Å². The summed E-state index contributed by atoms with van der Waals surface area (Å²) in [5.74, 6) is 0. The van der Waals surface area contributed by atoms with Gasteiger partial charge in [0.05, 0.1) is 0 Å². The molecular weight excluding hydrogens is 252 g/mol. The van der Waals surface area contributed by atoms with Crippen LogP contribution in [0.1, 0.15) is 55.7 Å². The summed E-state index contributed by atoms with van der Waals surface area (Å²) in [4.78, 5) is 0. The first-order valence-electron chi connectivity index (χ1n) is 8.19. The van der Waals surface area contributed by atoms with E-state index in [-0.39, 0.29) is 0 Å². The van der Waals surface area contributed by atoms with Gasteiger partial charge in [0.15, 0.2) is 0 Å². The van der Waals surface area contributed by atoms with Crippen molar-refractivity contribution in [3.05, 3.63) is 65.7 Å². The highest BCUT2D eigenvalue weighted by molar-refractivity contribution is 5.82. The molecule has 0 radical (unpaired) electrons. The molecule has 0 saturated heterocycles. The third kappa shape index (κ3) is 2.81. The Morgan fingerprint density at radius 2 is 1.76 bits per heavy atom. The Balaban J connectivity index is 1.81. The van der Waals surface area contributed by atoms with Crippen molar-refractivity contribution < 1.29 is 0 Å². The maximum atomic E-state index is 4.36. The number of fused-ring (bicyclic) bond motifs is 3. The van der Waals surface area contributed by atoms with Crippen LogP contribution >= 0.6 is 0 Å². The van der Waals surface area contributed by atoms with Crippen LogP contribution in [0.5, 0.6) is 0 Å². The molecule has 21 heavy (non-hydrogen) atoms. The van der Waals surface area contributed by atoms with Gasteiger partial charge in [-0.1, -0.05) is 75.2 Å². The normalized spacial score (nSPS) is 12.0. The summed E-state index contributed by atoms with van der Waals surface area (Å²) in [6, 6.07) is 15.5. The van der Waals surface area contributed by atoms with Crippen molar-refractivity contribution >= 4 is 5.57 Å². The van der Waals surface area contributed by atoms with Crippen LogP contribution in [-0.4, -0.2) is 0 Å². The molecule has 0 N–H and O–H groups in total. The standard InChI is InChI=1S/C21H24/c1-3-4-5-6-10-16(2)18-13-9-14-20-19-12-8-7-11-17(19)15-21(18)20/h7-9,11-14H,2-6,10,15H2,1H3. The Hall–Kier alpha value is -1.82. The highest BCUT2D eigenvalue weighted by Crippen LogP contribution is 2.40. The molecule has 0 bridgehead atoms. The van der Waals surface area contributed by atoms with E-state index in [0.29, 0.717) is 0 Å². The Labute approximate surface area is 128 Å². The van der Waals surface area contributed by atoms with Crippen LogP contribution in [0.2, 0.25) is 0 Å². The summed E-state index contributed by atoms with van der Waals surface area (Å²) < 4.78 is 0. The Morgan fingerprint density at radius 3 is 2.62 bits per heavy atom. The van der Waals surface area contributed by atoms with Gasteiger partial charge in [0.1, 0.15) is 0 Å². The van der Waals surface area contributed by atoms with E-state index in [2.05, 4.69) is 56.0 Å². The van der Waals surface area contributed by atoms with Crippen molar-refractivity contribution in [2.45, 2.75) is 45.4 Å². The maximum absolute atomic E-state index is 4.36.